The lowest BCUT2D eigenvalue weighted by Gasteiger charge is -2.29. The molecule has 1 aliphatic carbocycles. The first kappa shape index (κ1) is 17.4. The summed E-state index contributed by atoms with van der Waals surface area (Å²) in [5, 5.41) is 0. The molecule has 0 aromatic rings. The lowest BCUT2D eigenvalue weighted by Crippen LogP contribution is -2.45. The summed E-state index contributed by atoms with van der Waals surface area (Å²) in [5.74, 6) is -0.273. The second-order valence-electron chi connectivity index (χ2n) is 5.37. The van der Waals surface area contributed by atoms with E-state index in [1.807, 2.05) is 6.92 Å². The van der Waals surface area contributed by atoms with Gasteiger partial charge in [0.1, 0.15) is 0 Å². The molecule has 118 valence electrons. The molecule has 7 heteroatoms. The highest BCUT2D eigenvalue weighted by molar-refractivity contribution is 7.87. The summed E-state index contributed by atoms with van der Waals surface area (Å²) >= 11 is 0. The molecule has 0 aliphatic heterocycles. The molecule has 20 heavy (non-hydrogen) atoms. The normalized spacial score (nSPS) is 23.8. The van der Waals surface area contributed by atoms with Crippen LogP contribution in [-0.4, -0.2) is 45.4 Å². The van der Waals surface area contributed by atoms with Crippen LogP contribution in [0, 0.1) is 5.92 Å². The van der Waals surface area contributed by atoms with E-state index in [2.05, 4.69) is 4.72 Å². The van der Waals surface area contributed by atoms with Crippen molar-refractivity contribution in [3.8, 4) is 0 Å². The zero-order valence-electron chi connectivity index (χ0n) is 12.6. The van der Waals surface area contributed by atoms with Crippen LogP contribution in [0.15, 0.2) is 0 Å². The van der Waals surface area contributed by atoms with Crippen LogP contribution < -0.4 is 4.72 Å². The molecule has 0 spiro atoms. The third kappa shape index (κ3) is 5.03. The molecular formula is C13H26N2O4S. The Labute approximate surface area is 122 Å². The number of unbranched alkanes of at least 4 members (excludes halogenated alkanes) is 1. The van der Waals surface area contributed by atoms with Gasteiger partial charge in [-0.15, -0.1) is 0 Å². The van der Waals surface area contributed by atoms with Gasteiger partial charge in [-0.1, -0.05) is 13.3 Å². The van der Waals surface area contributed by atoms with Crippen LogP contribution in [0.25, 0.3) is 0 Å². The van der Waals surface area contributed by atoms with Gasteiger partial charge in [-0.3, -0.25) is 4.79 Å². The van der Waals surface area contributed by atoms with Crippen LogP contribution in [0.1, 0.15) is 45.4 Å². The minimum atomic E-state index is -3.41. The second-order valence-corrected chi connectivity index (χ2v) is 7.18. The van der Waals surface area contributed by atoms with Gasteiger partial charge in [0.15, 0.2) is 0 Å². The Morgan fingerprint density at radius 3 is 2.40 bits per heavy atom. The minimum absolute atomic E-state index is 0.0787. The van der Waals surface area contributed by atoms with Crippen LogP contribution in [0.2, 0.25) is 0 Å². The quantitative estimate of drug-likeness (QED) is 0.719. The Morgan fingerprint density at radius 2 is 1.90 bits per heavy atom. The maximum atomic E-state index is 12.1. The Bertz CT molecular complexity index is 403. The van der Waals surface area contributed by atoms with Crippen molar-refractivity contribution in [3.63, 3.8) is 0 Å². The molecule has 0 saturated heterocycles. The van der Waals surface area contributed by atoms with E-state index in [9.17, 15) is 13.2 Å². The summed E-state index contributed by atoms with van der Waals surface area (Å²) in [6, 6.07) is -0.0787. The van der Waals surface area contributed by atoms with Crippen LogP contribution in [0.5, 0.6) is 0 Å². The van der Waals surface area contributed by atoms with Crippen molar-refractivity contribution < 1.29 is 17.9 Å². The number of hydrogen-bond donors (Lipinski definition) is 1. The lowest BCUT2D eigenvalue weighted by molar-refractivity contribution is -0.146. The van der Waals surface area contributed by atoms with Gasteiger partial charge in [0.2, 0.25) is 0 Å². The molecule has 1 saturated carbocycles. The number of methoxy groups -OCH3 is 1. The fraction of sp³-hybridized carbons (Fsp3) is 0.923. The highest BCUT2D eigenvalue weighted by Crippen LogP contribution is 2.25. The van der Waals surface area contributed by atoms with Crippen LogP contribution in [0.3, 0.4) is 0 Å². The number of esters is 1. The molecule has 0 amide bonds. The smallest absolute Gasteiger partial charge is 0.308 e. The van der Waals surface area contributed by atoms with E-state index in [0.717, 1.165) is 12.8 Å². The molecule has 1 fully saturated rings. The van der Waals surface area contributed by atoms with Crippen LogP contribution in [-0.2, 0) is 19.7 Å². The molecular weight excluding hydrogens is 280 g/mol. The molecule has 0 unspecified atom stereocenters. The van der Waals surface area contributed by atoms with Crippen molar-refractivity contribution in [1.29, 1.82) is 0 Å². The summed E-state index contributed by atoms with van der Waals surface area (Å²) in [6.45, 7) is 2.56. The zero-order chi connectivity index (χ0) is 15.2. The number of carbonyl (C=O) groups is 1. The van der Waals surface area contributed by atoms with Gasteiger partial charge < -0.3 is 4.74 Å². The highest BCUT2D eigenvalue weighted by Gasteiger charge is 2.30. The van der Waals surface area contributed by atoms with Crippen molar-refractivity contribution in [3.05, 3.63) is 0 Å². The fourth-order valence-electron chi connectivity index (χ4n) is 2.42. The van der Waals surface area contributed by atoms with Crippen LogP contribution >= 0.6 is 0 Å². The average Bonchev–Trinajstić information content (AvgIpc) is 2.44. The van der Waals surface area contributed by atoms with Crippen molar-refractivity contribution >= 4 is 16.2 Å². The number of nitrogens with zero attached hydrogens (tertiary/aromatic N) is 1. The Morgan fingerprint density at radius 1 is 1.30 bits per heavy atom. The van der Waals surface area contributed by atoms with E-state index in [1.54, 1.807) is 7.05 Å². The van der Waals surface area contributed by atoms with Gasteiger partial charge in [0, 0.05) is 19.6 Å². The summed E-state index contributed by atoms with van der Waals surface area (Å²) < 4.78 is 33.0. The molecule has 0 bridgehead atoms. The maximum absolute atomic E-state index is 12.1. The third-order valence-corrected chi connectivity index (χ3v) is 5.45. The van der Waals surface area contributed by atoms with Gasteiger partial charge in [0.25, 0.3) is 10.2 Å². The van der Waals surface area contributed by atoms with Crippen molar-refractivity contribution in [2.75, 3.05) is 20.7 Å². The number of nitrogens with one attached hydrogen (secondary N) is 1. The van der Waals surface area contributed by atoms with E-state index in [0.29, 0.717) is 32.2 Å². The zero-order valence-corrected chi connectivity index (χ0v) is 13.4. The first-order valence-electron chi connectivity index (χ1n) is 7.22. The lowest BCUT2D eigenvalue weighted by atomic mass is 9.86. The number of rotatable bonds is 7. The van der Waals surface area contributed by atoms with Gasteiger partial charge >= 0.3 is 5.97 Å². The van der Waals surface area contributed by atoms with E-state index in [4.69, 9.17) is 4.74 Å². The van der Waals surface area contributed by atoms with Gasteiger partial charge in [-0.05, 0) is 32.1 Å². The summed E-state index contributed by atoms with van der Waals surface area (Å²) in [5.41, 5.74) is 0. The van der Waals surface area contributed by atoms with Gasteiger partial charge in [0.05, 0.1) is 13.0 Å². The molecule has 0 aromatic heterocycles. The Hall–Kier alpha value is -0.660. The molecule has 6 nitrogen and oxygen atoms in total. The first-order chi connectivity index (χ1) is 9.40. The minimum Gasteiger partial charge on any atom is -0.469 e. The fourth-order valence-corrected chi connectivity index (χ4v) is 3.62. The standard InChI is InChI=1S/C13H26N2O4S/c1-4-5-10-15(2)20(17,18)14-12-8-6-11(7-9-12)13(16)19-3/h11-12,14H,4-10H2,1-3H3. The number of hydrogen-bond acceptors (Lipinski definition) is 4. The predicted molar refractivity (Wildman–Crippen MR) is 77.4 cm³/mol. The second kappa shape index (κ2) is 7.95. The molecule has 1 N–H and O–H groups in total. The molecule has 1 aliphatic rings. The first-order valence-corrected chi connectivity index (χ1v) is 8.66. The molecule has 1 rings (SSSR count). The van der Waals surface area contributed by atoms with E-state index < -0.39 is 10.2 Å². The number of carbonyl (C=O) groups excluding carboxylic acids is 1. The summed E-state index contributed by atoms with van der Waals surface area (Å²) in [7, 11) is -0.424. The molecule has 0 heterocycles. The van der Waals surface area contributed by atoms with Crippen LogP contribution in [0.4, 0.5) is 0 Å². The molecule has 0 aromatic carbocycles. The number of ether oxygens (including phenoxy) is 1. The van der Waals surface area contributed by atoms with E-state index >= 15 is 0 Å². The largest absolute Gasteiger partial charge is 0.469 e. The molecule has 0 atom stereocenters. The van der Waals surface area contributed by atoms with Crippen molar-refractivity contribution in [2.45, 2.75) is 51.5 Å². The summed E-state index contributed by atoms with van der Waals surface area (Å²) in [4.78, 5) is 11.4. The average molecular weight is 306 g/mol. The van der Waals surface area contributed by atoms with E-state index in [-0.39, 0.29) is 17.9 Å². The maximum Gasteiger partial charge on any atom is 0.308 e. The topological polar surface area (TPSA) is 75.7 Å². The van der Waals surface area contributed by atoms with Crippen molar-refractivity contribution in [2.24, 2.45) is 5.92 Å². The highest BCUT2D eigenvalue weighted by atomic mass is 32.2. The predicted octanol–water partition coefficient (Wildman–Crippen LogP) is 1.28. The van der Waals surface area contributed by atoms with E-state index in [1.165, 1.54) is 11.4 Å². The van der Waals surface area contributed by atoms with Crippen molar-refractivity contribution in [1.82, 2.24) is 9.03 Å². The molecule has 0 radical (unpaired) electrons. The Balaban J connectivity index is 2.44. The third-order valence-electron chi connectivity index (χ3n) is 3.81. The van der Waals surface area contributed by atoms with Gasteiger partial charge in [-0.25, -0.2) is 0 Å². The Kier molecular flexibility index (Phi) is 6.91. The summed E-state index contributed by atoms with van der Waals surface area (Å²) in [6.07, 6.45) is 4.54. The SMILES string of the molecule is CCCCN(C)S(=O)(=O)NC1CCC(C(=O)OC)CC1. The van der Waals surface area contributed by atoms with Gasteiger partial charge in [-0.2, -0.15) is 17.4 Å². The monoisotopic (exact) mass is 306 g/mol.